The van der Waals surface area contributed by atoms with E-state index in [1.165, 1.54) is 24.0 Å². The molecule has 1 fully saturated rings. The number of aromatic nitrogens is 3. The molecule has 0 aliphatic heterocycles. The summed E-state index contributed by atoms with van der Waals surface area (Å²) in [5.41, 5.74) is 7.85. The van der Waals surface area contributed by atoms with Crippen molar-refractivity contribution < 1.29 is 4.79 Å². The van der Waals surface area contributed by atoms with Crippen molar-refractivity contribution in [1.29, 1.82) is 0 Å². The second-order valence-corrected chi connectivity index (χ2v) is 6.62. The van der Waals surface area contributed by atoms with Crippen LogP contribution in [0.2, 0.25) is 0 Å². The van der Waals surface area contributed by atoms with Crippen LogP contribution in [0, 0.1) is 6.92 Å². The van der Waals surface area contributed by atoms with Gasteiger partial charge in [0.2, 0.25) is 5.91 Å². The third kappa shape index (κ3) is 3.50. The van der Waals surface area contributed by atoms with Gasteiger partial charge in [-0.2, -0.15) is 0 Å². The lowest BCUT2D eigenvalue weighted by molar-refractivity contribution is -0.118. The lowest BCUT2D eigenvalue weighted by Gasteiger charge is -2.09. The van der Waals surface area contributed by atoms with E-state index in [2.05, 4.69) is 46.0 Å². The molecule has 3 rings (SSSR count). The highest BCUT2D eigenvalue weighted by Gasteiger charge is 2.29. The Kier molecular flexibility index (Phi) is 4.47. The van der Waals surface area contributed by atoms with Crippen LogP contribution in [0.4, 0.5) is 0 Å². The summed E-state index contributed by atoms with van der Waals surface area (Å²) in [4.78, 5) is 11.0. The molecule has 5 nitrogen and oxygen atoms in total. The predicted octanol–water partition coefficient (Wildman–Crippen LogP) is 2.63. The Hall–Kier alpha value is -1.82. The average Bonchev–Trinajstić information content (AvgIpc) is 3.25. The number of carbonyl (C=O) groups is 1. The normalized spacial score (nSPS) is 14.2. The second-order valence-electron chi connectivity index (χ2n) is 5.68. The van der Waals surface area contributed by atoms with Gasteiger partial charge in [-0.05, 0) is 30.9 Å². The van der Waals surface area contributed by atoms with Gasteiger partial charge in [0.15, 0.2) is 5.16 Å². The molecule has 2 N–H and O–H groups in total. The first kappa shape index (κ1) is 15.1. The number of thioether (sulfide) groups is 1. The van der Waals surface area contributed by atoms with Crippen LogP contribution in [0.25, 0.3) is 0 Å². The van der Waals surface area contributed by atoms with Crippen molar-refractivity contribution in [3.05, 3.63) is 41.2 Å². The van der Waals surface area contributed by atoms with Crippen LogP contribution in [0.15, 0.2) is 29.4 Å². The van der Waals surface area contributed by atoms with Crippen molar-refractivity contribution >= 4 is 17.7 Å². The number of rotatable bonds is 7. The predicted molar refractivity (Wildman–Crippen MR) is 86.5 cm³/mol. The number of nitrogens with two attached hydrogens (primary N) is 1. The van der Waals surface area contributed by atoms with Gasteiger partial charge in [-0.15, -0.1) is 10.2 Å². The highest BCUT2D eigenvalue weighted by Crippen LogP contribution is 2.39. The van der Waals surface area contributed by atoms with Gasteiger partial charge in [-0.1, -0.05) is 36.0 Å². The number of nitrogens with zero attached hydrogens (tertiary/aromatic N) is 3. The van der Waals surface area contributed by atoms with E-state index >= 15 is 0 Å². The van der Waals surface area contributed by atoms with Crippen LogP contribution in [-0.4, -0.2) is 20.7 Å². The fourth-order valence-electron chi connectivity index (χ4n) is 2.43. The van der Waals surface area contributed by atoms with E-state index in [-0.39, 0.29) is 5.91 Å². The van der Waals surface area contributed by atoms with E-state index in [4.69, 9.17) is 5.73 Å². The van der Waals surface area contributed by atoms with E-state index < -0.39 is 0 Å². The zero-order valence-electron chi connectivity index (χ0n) is 12.7. The van der Waals surface area contributed by atoms with E-state index in [1.54, 1.807) is 11.8 Å². The van der Waals surface area contributed by atoms with Crippen LogP contribution in [0.3, 0.4) is 0 Å². The van der Waals surface area contributed by atoms with Crippen molar-refractivity contribution in [3.8, 4) is 0 Å². The fourth-order valence-corrected chi connectivity index (χ4v) is 3.53. The maximum atomic E-state index is 11.0. The maximum Gasteiger partial charge on any atom is 0.217 e. The average molecular weight is 316 g/mol. The second kappa shape index (κ2) is 6.52. The Bertz CT molecular complexity index is 679. The molecule has 22 heavy (non-hydrogen) atoms. The van der Waals surface area contributed by atoms with Crippen molar-refractivity contribution in [1.82, 2.24) is 14.8 Å². The molecule has 2 aromatic rings. The smallest absolute Gasteiger partial charge is 0.217 e. The van der Waals surface area contributed by atoms with Crippen molar-refractivity contribution in [2.45, 2.75) is 49.6 Å². The zero-order chi connectivity index (χ0) is 15.5. The minimum Gasteiger partial charge on any atom is -0.370 e. The third-order valence-corrected chi connectivity index (χ3v) is 4.85. The van der Waals surface area contributed by atoms with Gasteiger partial charge < -0.3 is 10.3 Å². The SMILES string of the molecule is Cc1ccccc1CSc1nnc(CCC(N)=O)n1C1CC1. The highest BCUT2D eigenvalue weighted by atomic mass is 32.2. The number of hydrogen-bond donors (Lipinski definition) is 1. The molecule has 0 radical (unpaired) electrons. The minimum absolute atomic E-state index is 0.292. The summed E-state index contributed by atoms with van der Waals surface area (Å²) >= 11 is 1.71. The van der Waals surface area contributed by atoms with Crippen molar-refractivity contribution in [2.75, 3.05) is 0 Å². The van der Waals surface area contributed by atoms with E-state index in [9.17, 15) is 4.79 Å². The van der Waals surface area contributed by atoms with Crippen LogP contribution in [-0.2, 0) is 17.0 Å². The molecule has 0 spiro atoms. The summed E-state index contributed by atoms with van der Waals surface area (Å²) in [5, 5.41) is 9.54. The Morgan fingerprint density at radius 1 is 1.36 bits per heavy atom. The summed E-state index contributed by atoms with van der Waals surface area (Å²) in [5.74, 6) is 1.47. The Balaban J connectivity index is 1.73. The molecule has 1 amide bonds. The van der Waals surface area contributed by atoms with Crippen molar-refractivity contribution in [2.24, 2.45) is 5.73 Å². The lowest BCUT2D eigenvalue weighted by atomic mass is 10.1. The fraction of sp³-hybridized carbons (Fsp3) is 0.438. The first-order valence-corrected chi connectivity index (χ1v) is 8.53. The molecular formula is C16H20N4OS. The number of primary amides is 1. The number of hydrogen-bond acceptors (Lipinski definition) is 4. The number of benzene rings is 1. The van der Waals surface area contributed by atoms with Crippen LogP contribution >= 0.6 is 11.8 Å². The summed E-state index contributed by atoms with van der Waals surface area (Å²) < 4.78 is 2.20. The summed E-state index contributed by atoms with van der Waals surface area (Å²) in [7, 11) is 0. The molecule has 1 aliphatic rings. The number of aryl methyl sites for hydroxylation is 2. The number of carbonyl (C=O) groups excluding carboxylic acids is 1. The maximum absolute atomic E-state index is 11.0. The molecule has 0 atom stereocenters. The minimum atomic E-state index is -0.292. The quantitative estimate of drug-likeness (QED) is 0.797. The van der Waals surface area contributed by atoms with Crippen molar-refractivity contribution in [3.63, 3.8) is 0 Å². The first-order valence-electron chi connectivity index (χ1n) is 7.54. The largest absolute Gasteiger partial charge is 0.370 e. The molecule has 1 aromatic carbocycles. The molecular weight excluding hydrogens is 296 g/mol. The van der Waals surface area contributed by atoms with Gasteiger partial charge in [-0.25, -0.2) is 0 Å². The van der Waals surface area contributed by atoms with Gasteiger partial charge in [-0.3, -0.25) is 4.79 Å². The lowest BCUT2D eigenvalue weighted by Crippen LogP contribution is -2.13. The molecule has 1 heterocycles. The molecule has 1 saturated carbocycles. The molecule has 0 saturated heterocycles. The van der Waals surface area contributed by atoms with Crippen LogP contribution < -0.4 is 5.73 Å². The third-order valence-electron chi connectivity index (χ3n) is 3.86. The molecule has 1 aromatic heterocycles. The van der Waals surface area contributed by atoms with Gasteiger partial charge in [0.05, 0.1) is 0 Å². The van der Waals surface area contributed by atoms with E-state index in [0.717, 1.165) is 16.7 Å². The molecule has 116 valence electrons. The van der Waals surface area contributed by atoms with Gasteiger partial charge in [0, 0.05) is 24.6 Å². The van der Waals surface area contributed by atoms with Crippen LogP contribution in [0.1, 0.15) is 42.3 Å². The monoisotopic (exact) mass is 316 g/mol. The topological polar surface area (TPSA) is 73.8 Å². The Morgan fingerprint density at radius 3 is 2.82 bits per heavy atom. The number of amides is 1. The first-order chi connectivity index (χ1) is 10.6. The summed E-state index contributed by atoms with van der Waals surface area (Å²) in [6, 6.07) is 8.89. The molecule has 0 unspecified atom stereocenters. The van der Waals surface area contributed by atoms with Gasteiger partial charge >= 0.3 is 0 Å². The standard InChI is InChI=1S/C16H20N4OS/c1-11-4-2-3-5-12(11)10-22-16-19-18-15(9-8-14(17)21)20(16)13-6-7-13/h2-5,13H,6-10H2,1H3,(H2,17,21). The van der Waals surface area contributed by atoms with E-state index in [1.807, 2.05) is 0 Å². The van der Waals surface area contributed by atoms with Gasteiger partial charge in [0.25, 0.3) is 0 Å². The summed E-state index contributed by atoms with van der Waals surface area (Å²) in [6.45, 7) is 2.12. The summed E-state index contributed by atoms with van der Waals surface area (Å²) in [6.07, 6.45) is 3.23. The highest BCUT2D eigenvalue weighted by molar-refractivity contribution is 7.98. The van der Waals surface area contributed by atoms with Crippen LogP contribution in [0.5, 0.6) is 0 Å². The van der Waals surface area contributed by atoms with E-state index in [0.29, 0.717) is 18.9 Å². The zero-order valence-corrected chi connectivity index (χ0v) is 13.5. The molecule has 6 heteroatoms. The molecule has 1 aliphatic carbocycles. The Morgan fingerprint density at radius 2 is 2.14 bits per heavy atom. The van der Waals surface area contributed by atoms with Gasteiger partial charge in [0.1, 0.15) is 5.82 Å². The molecule has 0 bridgehead atoms. The Labute approximate surface area is 134 Å².